The number of piperazine rings is 1. The second-order valence-electron chi connectivity index (χ2n) is 5.68. The Morgan fingerprint density at radius 1 is 1.30 bits per heavy atom. The number of carbonyl (C=O) groups is 1. The largest absolute Gasteiger partial charge is 0.360 e. The van der Waals surface area contributed by atoms with Gasteiger partial charge in [0, 0.05) is 44.8 Å². The molecule has 6 nitrogen and oxygen atoms in total. The molecule has 23 heavy (non-hydrogen) atoms. The van der Waals surface area contributed by atoms with Crippen molar-refractivity contribution in [3.63, 3.8) is 0 Å². The van der Waals surface area contributed by atoms with Crippen LogP contribution in [0, 0.1) is 6.92 Å². The Bertz CT molecular complexity index is 648. The van der Waals surface area contributed by atoms with Crippen molar-refractivity contribution >= 4 is 5.91 Å². The van der Waals surface area contributed by atoms with E-state index in [1.165, 1.54) is 0 Å². The lowest BCUT2D eigenvalue weighted by Gasteiger charge is -2.27. The minimum Gasteiger partial charge on any atom is -0.360 e. The topological polar surface area (TPSA) is 70.4 Å². The third kappa shape index (κ3) is 3.78. The van der Waals surface area contributed by atoms with Gasteiger partial charge >= 0.3 is 0 Å². The van der Waals surface area contributed by atoms with Gasteiger partial charge in [-0.25, -0.2) is 0 Å². The first-order chi connectivity index (χ1) is 11.3. The van der Waals surface area contributed by atoms with Crippen molar-refractivity contribution in [1.82, 2.24) is 20.7 Å². The van der Waals surface area contributed by atoms with E-state index in [0.717, 1.165) is 38.3 Å². The lowest BCUT2D eigenvalue weighted by Crippen LogP contribution is -2.46. The average Bonchev–Trinajstić information content (AvgIpc) is 2.98. The Morgan fingerprint density at radius 2 is 2.04 bits per heavy atom. The molecule has 0 unspecified atom stereocenters. The molecule has 2 aromatic rings. The highest BCUT2D eigenvalue weighted by Crippen LogP contribution is 2.24. The highest BCUT2D eigenvalue weighted by atomic mass is 16.5. The first kappa shape index (κ1) is 15.7. The summed E-state index contributed by atoms with van der Waals surface area (Å²) in [6, 6.07) is 9.63. The fourth-order valence-corrected chi connectivity index (χ4v) is 2.78. The van der Waals surface area contributed by atoms with Crippen molar-refractivity contribution in [3.05, 3.63) is 41.7 Å². The van der Waals surface area contributed by atoms with Crippen molar-refractivity contribution in [2.45, 2.75) is 6.92 Å². The molecule has 6 heteroatoms. The summed E-state index contributed by atoms with van der Waals surface area (Å²) >= 11 is 0. The van der Waals surface area contributed by atoms with Crippen LogP contribution in [0.4, 0.5) is 0 Å². The monoisotopic (exact) mass is 314 g/mol. The smallest absolute Gasteiger partial charge is 0.257 e. The summed E-state index contributed by atoms with van der Waals surface area (Å²) in [5, 5.41) is 10.4. The summed E-state index contributed by atoms with van der Waals surface area (Å²) in [5.41, 5.74) is 2.01. The molecule has 1 saturated heterocycles. The molecule has 1 aromatic heterocycles. The van der Waals surface area contributed by atoms with Gasteiger partial charge in [-0.05, 0) is 6.92 Å². The third-order valence-electron chi connectivity index (χ3n) is 4.06. The van der Waals surface area contributed by atoms with E-state index in [1.807, 2.05) is 30.3 Å². The standard InChI is InChI=1S/C17H22N4O2/c1-13-15(16(20-23-13)14-5-3-2-4-6-14)17(22)19-9-12-21-10-7-18-8-11-21/h2-6,18H,7-12H2,1H3,(H,19,22). The molecule has 0 saturated carbocycles. The molecule has 1 aliphatic heterocycles. The lowest BCUT2D eigenvalue weighted by molar-refractivity contribution is 0.0946. The van der Waals surface area contributed by atoms with Crippen LogP contribution in [0.15, 0.2) is 34.9 Å². The minimum absolute atomic E-state index is 0.127. The van der Waals surface area contributed by atoms with Gasteiger partial charge in [-0.3, -0.25) is 9.69 Å². The van der Waals surface area contributed by atoms with Crippen molar-refractivity contribution in [1.29, 1.82) is 0 Å². The van der Waals surface area contributed by atoms with Gasteiger partial charge in [0.25, 0.3) is 5.91 Å². The molecule has 0 radical (unpaired) electrons. The van der Waals surface area contributed by atoms with E-state index in [-0.39, 0.29) is 5.91 Å². The van der Waals surface area contributed by atoms with E-state index in [0.29, 0.717) is 23.6 Å². The van der Waals surface area contributed by atoms with Crippen LogP contribution in [0.1, 0.15) is 16.1 Å². The number of hydrogen-bond acceptors (Lipinski definition) is 5. The minimum atomic E-state index is -0.127. The van der Waals surface area contributed by atoms with Gasteiger partial charge in [-0.15, -0.1) is 0 Å². The van der Waals surface area contributed by atoms with E-state index < -0.39 is 0 Å². The van der Waals surface area contributed by atoms with Crippen molar-refractivity contribution in [2.75, 3.05) is 39.3 Å². The number of aromatic nitrogens is 1. The number of rotatable bonds is 5. The van der Waals surface area contributed by atoms with Crippen molar-refractivity contribution in [3.8, 4) is 11.3 Å². The lowest BCUT2D eigenvalue weighted by atomic mass is 10.1. The van der Waals surface area contributed by atoms with Crippen LogP contribution in [0.25, 0.3) is 11.3 Å². The van der Waals surface area contributed by atoms with E-state index in [2.05, 4.69) is 20.7 Å². The van der Waals surface area contributed by atoms with Gasteiger partial charge in [-0.1, -0.05) is 35.5 Å². The predicted molar refractivity (Wildman–Crippen MR) is 88.3 cm³/mol. The van der Waals surface area contributed by atoms with Crippen LogP contribution in [-0.4, -0.2) is 55.2 Å². The average molecular weight is 314 g/mol. The maximum atomic E-state index is 12.5. The molecule has 3 rings (SSSR count). The number of carbonyl (C=O) groups excluding carboxylic acids is 1. The van der Waals surface area contributed by atoms with Crippen LogP contribution in [-0.2, 0) is 0 Å². The predicted octanol–water partition coefficient (Wildman–Crippen LogP) is 1.29. The number of hydrogen-bond donors (Lipinski definition) is 2. The zero-order valence-electron chi connectivity index (χ0n) is 13.3. The molecule has 1 fully saturated rings. The zero-order valence-corrected chi connectivity index (χ0v) is 13.3. The van der Waals surface area contributed by atoms with Crippen LogP contribution in [0.3, 0.4) is 0 Å². The van der Waals surface area contributed by atoms with E-state index in [4.69, 9.17) is 4.52 Å². The summed E-state index contributed by atoms with van der Waals surface area (Å²) in [6.45, 7) is 7.32. The second-order valence-corrected chi connectivity index (χ2v) is 5.68. The number of benzene rings is 1. The summed E-state index contributed by atoms with van der Waals surface area (Å²) in [4.78, 5) is 14.9. The molecule has 0 spiro atoms. The molecule has 2 heterocycles. The summed E-state index contributed by atoms with van der Waals surface area (Å²) in [6.07, 6.45) is 0. The molecule has 1 aromatic carbocycles. The Kier molecular flexibility index (Phi) is 5.05. The summed E-state index contributed by atoms with van der Waals surface area (Å²) in [5.74, 6) is 0.418. The Morgan fingerprint density at radius 3 is 2.78 bits per heavy atom. The Hall–Kier alpha value is -2.18. The van der Waals surface area contributed by atoms with Crippen molar-refractivity contribution < 1.29 is 9.32 Å². The highest BCUT2D eigenvalue weighted by Gasteiger charge is 2.21. The molecular weight excluding hydrogens is 292 g/mol. The van der Waals surface area contributed by atoms with Crippen LogP contribution in [0.5, 0.6) is 0 Å². The fraction of sp³-hybridized carbons (Fsp3) is 0.412. The molecular formula is C17H22N4O2. The van der Waals surface area contributed by atoms with Crippen molar-refractivity contribution in [2.24, 2.45) is 0 Å². The molecule has 2 N–H and O–H groups in total. The molecule has 122 valence electrons. The van der Waals surface area contributed by atoms with Crippen LogP contribution < -0.4 is 10.6 Å². The molecule has 1 amide bonds. The SMILES string of the molecule is Cc1onc(-c2ccccc2)c1C(=O)NCCN1CCNCC1. The van der Waals surface area contributed by atoms with Gasteiger partial charge in [-0.2, -0.15) is 0 Å². The normalized spacial score (nSPS) is 15.5. The van der Waals surface area contributed by atoms with Crippen LogP contribution in [0.2, 0.25) is 0 Å². The zero-order chi connectivity index (χ0) is 16.1. The molecule has 0 bridgehead atoms. The van der Waals surface area contributed by atoms with Crippen LogP contribution >= 0.6 is 0 Å². The fourth-order valence-electron chi connectivity index (χ4n) is 2.78. The van der Waals surface area contributed by atoms with E-state index in [1.54, 1.807) is 6.92 Å². The third-order valence-corrected chi connectivity index (χ3v) is 4.06. The second kappa shape index (κ2) is 7.39. The number of nitrogens with zero attached hydrogens (tertiary/aromatic N) is 2. The van der Waals surface area contributed by atoms with Gasteiger partial charge in [0.15, 0.2) is 0 Å². The van der Waals surface area contributed by atoms with Gasteiger partial charge < -0.3 is 15.2 Å². The first-order valence-corrected chi connectivity index (χ1v) is 7.98. The van der Waals surface area contributed by atoms with Gasteiger partial charge in [0.2, 0.25) is 0 Å². The molecule has 1 aliphatic rings. The van der Waals surface area contributed by atoms with E-state index in [9.17, 15) is 4.79 Å². The first-order valence-electron chi connectivity index (χ1n) is 7.98. The molecule has 0 atom stereocenters. The number of aryl methyl sites for hydroxylation is 1. The van der Waals surface area contributed by atoms with Gasteiger partial charge in [0.1, 0.15) is 17.0 Å². The van der Waals surface area contributed by atoms with Gasteiger partial charge in [0.05, 0.1) is 0 Å². The van der Waals surface area contributed by atoms with E-state index >= 15 is 0 Å². The number of amides is 1. The Balaban J connectivity index is 1.64. The Labute approximate surface area is 135 Å². The quantitative estimate of drug-likeness (QED) is 0.870. The number of nitrogens with one attached hydrogen (secondary N) is 2. The molecule has 0 aliphatic carbocycles. The summed E-state index contributed by atoms with van der Waals surface area (Å²) in [7, 11) is 0. The summed E-state index contributed by atoms with van der Waals surface area (Å²) < 4.78 is 5.24. The maximum absolute atomic E-state index is 12.5. The maximum Gasteiger partial charge on any atom is 0.257 e. The highest BCUT2D eigenvalue weighted by molar-refractivity contribution is 6.00.